The topological polar surface area (TPSA) is 38.1 Å². The van der Waals surface area contributed by atoms with Crippen LogP contribution in [0, 0.1) is 5.82 Å². The fraction of sp³-hybridized carbons (Fsp3) is 0.357. The van der Waals surface area contributed by atoms with Crippen molar-refractivity contribution in [1.29, 1.82) is 0 Å². The van der Waals surface area contributed by atoms with E-state index < -0.39 is 0 Å². The maximum absolute atomic E-state index is 13.0. The molecule has 102 valence electrons. The highest BCUT2D eigenvalue weighted by atomic mass is 35.5. The number of benzene rings is 1. The van der Waals surface area contributed by atoms with Gasteiger partial charge in [-0.15, -0.1) is 0 Å². The van der Waals surface area contributed by atoms with Crippen LogP contribution in [0.15, 0.2) is 28.8 Å². The lowest BCUT2D eigenvalue weighted by molar-refractivity contribution is 0.493. The van der Waals surface area contributed by atoms with Crippen molar-refractivity contribution in [3.63, 3.8) is 0 Å². The van der Waals surface area contributed by atoms with Crippen LogP contribution >= 0.6 is 11.6 Å². The van der Waals surface area contributed by atoms with Crippen molar-refractivity contribution in [3.8, 4) is 11.3 Å². The first-order valence-corrected chi connectivity index (χ1v) is 6.69. The molecule has 2 rings (SSSR count). The summed E-state index contributed by atoms with van der Waals surface area (Å²) < 4.78 is 18.6. The van der Waals surface area contributed by atoms with Gasteiger partial charge in [-0.25, -0.2) is 9.37 Å². The number of aromatic nitrogens is 1. The second kappa shape index (κ2) is 6.68. The molecule has 5 heteroatoms. The minimum Gasteiger partial charge on any atom is -0.441 e. The van der Waals surface area contributed by atoms with Gasteiger partial charge in [0, 0.05) is 12.0 Å². The summed E-state index contributed by atoms with van der Waals surface area (Å²) in [6.07, 6.45) is 3.36. The minimum absolute atomic E-state index is 0.329. The summed E-state index contributed by atoms with van der Waals surface area (Å²) in [6, 6.07) is 4.22. The summed E-state index contributed by atoms with van der Waals surface area (Å²) >= 11 is 5.98. The van der Waals surface area contributed by atoms with Gasteiger partial charge in [-0.05, 0) is 37.7 Å². The molecule has 1 heterocycles. The van der Waals surface area contributed by atoms with E-state index in [0.717, 1.165) is 25.9 Å². The van der Waals surface area contributed by atoms with Crippen LogP contribution in [-0.2, 0) is 6.42 Å². The fourth-order valence-electron chi connectivity index (χ4n) is 1.78. The standard InChI is InChI=1S/C14H16ClFN2O/c1-2-17-7-3-4-14-18-9-13(19-14)11-6-5-10(16)8-12(11)15/h5-6,8-9,17H,2-4,7H2,1H3. The Balaban J connectivity index is 2.04. The van der Waals surface area contributed by atoms with Crippen LogP contribution in [-0.4, -0.2) is 18.1 Å². The minimum atomic E-state index is -0.362. The number of nitrogens with zero attached hydrogens (tertiary/aromatic N) is 1. The highest BCUT2D eigenvalue weighted by Gasteiger charge is 2.10. The third-order valence-corrected chi connectivity index (χ3v) is 3.06. The van der Waals surface area contributed by atoms with Crippen molar-refractivity contribution in [2.24, 2.45) is 0 Å². The molecule has 0 amide bonds. The number of nitrogens with one attached hydrogen (secondary N) is 1. The molecule has 0 spiro atoms. The van der Waals surface area contributed by atoms with Gasteiger partial charge in [0.05, 0.1) is 11.2 Å². The van der Waals surface area contributed by atoms with E-state index in [9.17, 15) is 4.39 Å². The zero-order chi connectivity index (χ0) is 13.7. The average Bonchev–Trinajstić information content (AvgIpc) is 2.83. The van der Waals surface area contributed by atoms with E-state index in [4.69, 9.17) is 16.0 Å². The lowest BCUT2D eigenvalue weighted by atomic mass is 10.2. The predicted molar refractivity (Wildman–Crippen MR) is 73.8 cm³/mol. The number of hydrogen-bond donors (Lipinski definition) is 1. The van der Waals surface area contributed by atoms with Crippen LogP contribution in [0.25, 0.3) is 11.3 Å². The molecule has 0 radical (unpaired) electrons. The van der Waals surface area contributed by atoms with E-state index in [1.165, 1.54) is 12.1 Å². The Bertz CT molecular complexity index is 542. The molecular weight excluding hydrogens is 267 g/mol. The lowest BCUT2D eigenvalue weighted by Crippen LogP contribution is -2.14. The lowest BCUT2D eigenvalue weighted by Gasteiger charge is -2.00. The Morgan fingerprint density at radius 1 is 1.42 bits per heavy atom. The van der Waals surface area contributed by atoms with Crippen molar-refractivity contribution in [3.05, 3.63) is 41.1 Å². The van der Waals surface area contributed by atoms with Crippen molar-refractivity contribution >= 4 is 11.6 Å². The van der Waals surface area contributed by atoms with E-state index in [1.54, 1.807) is 12.3 Å². The number of hydrogen-bond acceptors (Lipinski definition) is 3. The van der Waals surface area contributed by atoms with Crippen molar-refractivity contribution in [1.82, 2.24) is 10.3 Å². The van der Waals surface area contributed by atoms with E-state index in [1.807, 2.05) is 0 Å². The number of halogens is 2. The van der Waals surface area contributed by atoms with Gasteiger partial charge < -0.3 is 9.73 Å². The Morgan fingerprint density at radius 2 is 2.26 bits per heavy atom. The van der Waals surface area contributed by atoms with Crippen LogP contribution in [0.2, 0.25) is 5.02 Å². The molecule has 0 saturated heterocycles. The monoisotopic (exact) mass is 282 g/mol. The van der Waals surface area contributed by atoms with Crippen molar-refractivity contribution in [2.45, 2.75) is 19.8 Å². The van der Waals surface area contributed by atoms with Crippen LogP contribution in [0.3, 0.4) is 0 Å². The first kappa shape index (κ1) is 14.0. The Labute approximate surface area is 116 Å². The van der Waals surface area contributed by atoms with Gasteiger partial charge in [-0.3, -0.25) is 0 Å². The second-order valence-electron chi connectivity index (χ2n) is 4.20. The zero-order valence-corrected chi connectivity index (χ0v) is 11.5. The molecule has 19 heavy (non-hydrogen) atoms. The maximum Gasteiger partial charge on any atom is 0.194 e. The molecule has 0 atom stereocenters. The van der Waals surface area contributed by atoms with E-state index in [2.05, 4.69) is 17.2 Å². The molecule has 1 aromatic carbocycles. The van der Waals surface area contributed by atoms with E-state index in [0.29, 0.717) is 22.2 Å². The van der Waals surface area contributed by atoms with Gasteiger partial charge in [0.1, 0.15) is 5.82 Å². The highest BCUT2D eigenvalue weighted by molar-refractivity contribution is 6.33. The molecular formula is C14H16ClFN2O. The normalized spacial score (nSPS) is 10.9. The number of aryl methyl sites for hydroxylation is 1. The number of oxazole rings is 1. The molecule has 0 fully saturated rings. The van der Waals surface area contributed by atoms with Gasteiger partial charge >= 0.3 is 0 Å². The number of rotatable bonds is 6. The smallest absolute Gasteiger partial charge is 0.194 e. The summed E-state index contributed by atoms with van der Waals surface area (Å²) in [4.78, 5) is 4.21. The van der Waals surface area contributed by atoms with Gasteiger partial charge in [0.2, 0.25) is 0 Å². The first-order chi connectivity index (χ1) is 9.20. The summed E-state index contributed by atoms with van der Waals surface area (Å²) in [5.41, 5.74) is 0.661. The maximum atomic E-state index is 13.0. The molecule has 0 aliphatic heterocycles. The average molecular weight is 283 g/mol. The summed E-state index contributed by atoms with van der Waals surface area (Å²) in [6.45, 7) is 3.97. The van der Waals surface area contributed by atoms with Crippen LogP contribution in [0.4, 0.5) is 4.39 Å². The van der Waals surface area contributed by atoms with Crippen molar-refractivity contribution < 1.29 is 8.81 Å². The molecule has 0 aliphatic rings. The quantitative estimate of drug-likeness (QED) is 0.822. The molecule has 1 N–H and O–H groups in total. The summed E-state index contributed by atoms with van der Waals surface area (Å²) in [7, 11) is 0. The molecule has 3 nitrogen and oxygen atoms in total. The molecule has 0 unspecified atom stereocenters. The third kappa shape index (κ3) is 3.78. The summed E-state index contributed by atoms with van der Waals surface area (Å²) in [5.74, 6) is 0.885. The van der Waals surface area contributed by atoms with Crippen LogP contribution < -0.4 is 5.32 Å². The Kier molecular flexibility index (Phi) is 4.93. The summed E-state index contributed by atoms with van der Waals surface area (Å²) in [5, 5.41) is 3.57. The zero-order valence-electron chi connectivity index (χ0n) is 10.7. The van der Waals surface area contributed by atoms with Gasteiger partial charge in [0.25, 0.3) is 0 Å². The van der Waals surface area contributed by atoms with E-state index >= 15 is 0 Å². The van der Waals surface area contributed by atoms with Crippen LogP contribution in [0.1, 0.15) is 19.2 Å². The van der Waals surface area contributed by atoms with Gasteiger partial charge in [-0.1, -0.05) is 18.5 Å². The highest BCUT2D eigenvalue weighted by Crippen LogP contribution is 2.29. The molecule has 0 saturated carbocycles. The predicted octanol–water partition coefficient (Wildman–Crippen LogP) is 3.68. The first-order valence-electron chi connectivity index (χ1n) is 6.31. The molecule has 0 aliphatic carbocycles. The fourth-order valence-corrected chi connectivity index (χ4v) is 2.04. The largest absolute Gasteiger partial charge is 0.441 e. The van der Waals surface area contributed by atoms with Crippen molar-refractivity contribution in [2.75, 3.05) is 13.1 Å². The molecule has 1 aromatic heterocycles. The third-order valence-electron chi connectivity index (χ3n) is 2.74. The second-order valence-corrected chi connectivity index (χ2v) is 4.61. The molecule has 0 bridgehead atoms. The van der Waals surface area contributed by atoms with Gasteiger partial charge in [0.15, 0.2) is 11.7 Å². The Hall–Kier alpha value is -1.39. The van der Waals surface area contributed by atoms with Gasteiger partial charge in [-0.2, -0.15) is 0 Å². The SMILES string of the molecule is CCNCCCc1ncc(-c2ccc(F)cc2Cl)o1. The molecule has 2 aromatic rings. The van der Waals surface area contributed by atoms with Crippen LogP contribution in [0.5, 0.6) is 0 Å². The Morgan fingerprint density at radius 3 is 3.00 bits per heavy atom. The van der Waals surface area contributed by atoms with E-state index in [-0.39, 0.29) is 5.82 Å².